The average molecular weight is 407 g/mol. The minimum atomic E-state index is -4.56. The van der Waals surface area contributed by atoms with Crippen molar-refractivity contribution < 1.29 is 22.4 Å². The van der Waals surface area contributed by atoms with Crippen LogP contribution in [0.4, 0.5) is 18.9 Å². The normalized spacial score (nSPS) is 12.6. The number of benzene rings is 2. The van der Waals surface area contributed by atoms with Gasteiger partial charge in [-0.2, -0.15) is 13.2 Å². The van der Waals surface area contributed by atoms with Crippen LogP contribution in [0.15, 0.2) is 58.2 Å². The Balaban J connectivity index is 1.68. The number of carbonyl (C=O) groups is 1. The third-order valence-corrected chi connectivity index (χ3v) is 4.78. The van der Waals surface area contributed by atoms with Gasteiger partial charge in [-0.3, -0.25) is 4.79 Å². The van der Waals surface area contributed by atoms with Crippen molar-refractivity contribution in [3.63, 3.8) is 0 Å². The van der Waals surface area contributed by atoms with Crippen LogP contribution in [0.25, 0.3) is 11.5 Å². The Hall–Kier alpha value is -2.81. The van der Waals surface area contributed by atoms with E-state index >= 15 is 0 Å². The topological polar surface area (TPSA) is 68.0 Å². The van der Waals surface area contributed by atoms with E-state index in [-0.39, 0.29) is 10.9 Å². The number of amides is 1. The number of alkyl halides is 3. The first kappa shape index (κ1) is 19.9. The van der Waals surface area contributed by atoms with E-state index in [0.717, 1.165) is 29.0 Å². The molecule has 0 aliphatic carbocycles. The summed E-state index contributed by atoms with van der Waals surface area (Å²) >= 11 is 0.969. The molecule has 3 rings (SSSR count). The zero-order valence-electron chi connectivity index (χ0n) is 14.9. The first-order chi connectivity index (χ1) is 13.2. The number of thioether (sulfide) groups is 1. The van der Waals surface area contributed by atoms with Gasteiger partial charge in [-0.15, -0.1) is 10.2 Å². The second-order valence-corrected chi connectivity index (χ2v) is 7.32. The molecular weight excluding hydrogens is 391 g/mol. The molecule has 1 aromatic heterocycles. The number of aryl methyl sites for hydroxylation is 1. The molecule has 28 heavy (non-hydrogen) atoms. The van der Waals surface area contributed by atoms with Gasteiger partial charge >= 0.3 is 6.18 Å². The Morgan fingerprint density at radius 2 is 1.79 bits per heavy atom. The summed E-state index contributed by atoms with van der Waals surface area (Å²) in [5, 5.41) is 9.55. The van der Waals surface area contributed by atoms with Gasteiger partial charge in [0.05, 0.1) is 16.5 Å². The molecule has 0 bridgehead atoms. The standard InChI is InChI=1S/C19H16F3N3O2S/c1-11-7-9-13(10-8-11)17-24-25-18(27-17)28-12(2)16(26)23-15-6-4-3-5-14(15)19(20,21)22/h3-10,12H,1-2H3,(H,23,26)/t12-/m1/s1. The second kappa shape index (κ2) is 8.05. The molecule has 1 N–H and O–H groups in total. The molecule has 0 saturated heterocycles. The summed E-state index contributed by atoms with van der Waals surface area (Å²) in [7, 11) is 0. The van der Waals surface area contributed by atoms with Crippen LogP contribution in [0, 0.1) is 6.92 Å². The minimum Gasteiger partial charge on any atom is -0.411 e. The van der Waals surface area contributed by atoms with Crippen LogP contribution in [0.1, 0.15) is 18.1 Å². The second-order valence-electron chi connectivity index (χ2n) is 6.03. The highest BCUT2D eigenvalue weighted by Crippen LogP contribution is 2.35. The molecular formula is C19H16F3N3O2S. The van der Waals surface area contributed by atoms with Gasteiger partial charge in [-0.25, -0.2) is 0 Å². The van der Waals surface area contributed by atoms with Crippen LogP contribution in [0.3, 0.4) is 0 Å². The fourth-order valence-corrected chi connectivity index (χ4v) is 3.03. The summed E-state index contributed by atoms with van der Waals surface area (Å²) in [6, 6.07) is 12.3. The smallest absolute Gasteiger partial charge is 0.411 e. The molecule has 0 fully saturated rings. The van der Waals surface area contributed by atoms with Crippen molar-refractivity contribution in [3.05, 3.63) is 59.7 Å². The predicted molar refractivity (Wildman–Crippen MR) is 99.9 cm³/mol. The molecule has 1 amide bonds. The SMILES string of the molecule is Cc1ccc(-c2nnc(S[C@H](C)C(=O)Nc3ccccc3C(F)(F)F)o2)cc1. The summed E-state index contributed by atoms with van der Waals surface area (Å²) in [4.78, 5) is 12.3. The lowest BCUT2D eigenvalue weighted by Crippen LogP contribution is -2.24. The molecule has 0 saturated carbocycles. The number of hydrogen-bond acceptors (Lipinski definition) is 5. The maximum absolute atomic E-state index is 13.0. The summed E-state index contributed by atoms with van der Waals surface area (Å²) in [5.41, 5.74) is 0.627. The van der Waals surface area contributed by atoms with Gasteiger partial charge < -0.3 is 9.73 Å². The molecule has 1 atom stereocenters. The zero-order chi connectivity index (χ0) is 20.3. The molecule has 0 aliphatic heterocycles. The van der Waals surface area contributed by atoms with Gasteiger partial charge in [0, 0.05) is 5.56 Å². The lowest BCUT2D eigenvalue weighted by molar-refractivity contribution is -0.137. The maximum atomic E-state index is 13.0. The Bertz CT molecular complexity index is 971. The van der Waals surface area contributed by atoms with Gasteiger partial charge in [-0.05, 0) is 38.1 Å². The van der Waals surface area contributed by atoms with E-state index in [1.807, 2.05) is 31.2 Å². The molecule has 0 radical (unpaired) electrons. The number of nitrogens with one attached hydrogen (secondary N) is 1. The average Bonchev–Trinajstić information content (AvgIpc) is 3.10. The Morgan fingerprint density at radius 3 is 2.46 bits per heavy atom. The maximum Gasteiger partial charge on any atom is 0.418 e. The van der Waals surface area contributed by atoms with E-state index in [4.69, 9.17) is 4.42 Å². The summed E-state index contributed by atoms with van der Waals surface area (Å²) < 4.78 is 44.7. The number of anilines is 1. The summed E-state index contributed by atoms with van der Waals surface area (Å²) in [6.45, 7) is 3.50. The van der Waals surface area contributed by atoms with Gasteiger partial charge in [0.15, 0.2) is 0 Å². The zero-order valence-corrected chi connectivity index (χ0v) is 15.8. The molecule has 0 unspecified atom stereocenters. The van der Waals surface area contributed by atoms with Gasteiger partial charge in [0.1, 0.15) is 0 Å². The van der Waals surface area contributed by atoms with Crippen molar-refractivity contribution in [3.8, 4) is 11.5 Å². The molecule has 0 spiro atoms. The van der Waals surface area contributed by atoms with E-state index in [2.05, 4.69) is 15.5 Å². The van der Waals surface area contributed by atoms with Gasteiger partial charge in [-0.1, -0.05) is 41.6 Å². The third kappa shape index (κ3) is 4.72. The van der Waals surface area contributed by atoms with Crippen molar-refractivity contribution in [2.45, 2.75) is 30.5 Å². The highest BCUT2D eigenvalue weighted by molar-refractivity contribution is 8.00. The summed E-state index contributed by atoms with van der Waals surface area (Å²) in [5.74, 6) is -0.297. The Kier molecular flexibility index (Phi) is 5.73. The van der Waals surface area contributed by atoms with Crippen molar-refractivity contribution in [2.24, 2.45) is 0 Å². The molecule has 146 valence electrons. The van der Waals surface area contributed by atoms with Crippen LogP contribution < -0.4 is 5.32 Å². The van der Waals surface area contributed by atoms with Gasteiger partial charge in [0.25, 0.3) is 5.22 Å². The summed E-state index contributed by atoms with van der Waals surface area (Å²) in [6.07, 6.45) is -4.56. The van der Waals surface area contributed by atoms with Crippen LogP contribution in [0.2, 0.25) is 0 Å². The monoisotopic (exact) mass is 407 g/mol. The van der Waals surface area contributed by atoms with E-state index in [1.54, 1.807) is 6.92 Å². The lowest BCUT2D eigenvalue weighted by atomic mass is 10.1. The number of hydrogen-bond donors (Lipinski definition) is 1. The molecule has 9 heteroatoms. The fourth-order valence-electron chi connectivity index (χ4n) is 2.35. The third-order valence-electron chi connectivity index (χ3n) is 3.84. The largest absolute Gasteiger partial charge is 0.418 e. The number of nitrogens with zero attached hydrogens (tertiary/aromatic N) is 2. The van der Waals surface area contributed by atoms with Crippen molar-refractivity contribution in [1.82, 2.24) is 10.2 Å². The van der Waals surface area contributed by atoms with E-state index < -0.39 is 22.9 Å². The van der Waals surface area contributed by atoms with Crippen molar-refractivity contribution >= 4 is 23.4 Å². The van der Waals surface area contributed by atoms with Crippen LogP contribution >= 0.6 is 11.8 Å². The fraction of sp³-hybridized carbons (Fsp3) is 0.211. The number of carbonyl (C=O) groups excluding carboxylic acids is 1. The van der Waals surface area contributed by atoms with Crippen LogP contribution in [0.5, 0.6) is 0 Å². The number of aromatic nitrogens is 2. The van der Waals surface area contributed by atoms with E-state index in [0.29, 0.717) is 5.89 Å². The molecule has 1 heterocycles. The van der Waals surface area contributed by atoms with Crippen molar-refractivity contribution in [2.75, 3.05) is 5.32 Å². The highest BCUT2D eigenvalue weighted by atomic mass is 32.2. The van der Waals surface area contributed by atoms with Gasteiger partial charge in [0.2, 0.25) is 11.8 Å². The molecule has 5 nitrogen and oxygen atoms in total. The first-order valence-corrected chi connectivity index (χ1v) is 9.16. The molecule has 3 aromatic rings. The van der Waals surface area contributed by atoms with Crippen LogP contribution in [-0.4, -0.2) is 21.4 Å². The highest BCUT2D eigenvalue weighted by Gasteiger charge is 2.34. The molecule has 0 aliphatic rings. The number of rotatable bonds is 5. The van der Waals surface area contributed by atoms with E-state index in [1.165, 1.54) is 18.2 Å². The van der Waals surface area contributed by atoms with E-state index in [9.17, 15) is 18.0 Å². The number of para-hydroxylation sites is 1. The first-order valence-electron chi connectivity index (χ1n) is 8.28. The lowest BCUT2D eigenvalue weighted by Gasteiger charge is -2.15. The van der Waals surface area contributed by atoms with Crippen molar-refractivity contribution in [1.29, 1.82) is 0 Å². The quantitative estimate of drug-likeness (QED) is 0.590. The van der Waals surface area contributed by atoms with Crippen LogP contribution in [-0.2, 0) is 11.0 Å². The Morgan fingerprint density at radius 1 is 1.11 bits per heavy atom. The Labute approximate surface area is 163 Å². The predicted octanol–water partition coefficient (Wildman–Crippen LogP) is 5.18. The molecule has 2 aromatic carbocycles. The minimum absolute atomic E-state index is 0.155. The number of halogens is 3.